The summed E-state index contributed by atoms with van der Waals surface area (Å²) in [5.74, 6) is -2.68. The van der Waals surface area contributed by atoms with Gasteiger partial charge in [-0.15, -0.1) is 11.6 Å². The Morgan fingerprint density at radius 3 is 2.37 bits per heavy atom. The number of imide groups is 1. The van der Waals surface area contributed by atoms with Crippen LogP contribution in [-0.4, -0.2) is 34.6 Å². The van der Waals surface area contributed by atoms with E-state index in [9.17, 15) is 14.4 Å². The van der Waals surface area contributed by atoms with Crippen LogP contribution in [0.3, 0.4) is 0 Å². The molecule has 2 aromatic rings. The molecule has 1 aliphatic heterocycles. The second-order valence-electron chi connectivity index (χ2n) is 7.33. The number of ether oxygens (including phenoxy) is 1. The number of rotatable bonds is 1. The Labute approximate surface area is 160 Å². The highest BCUT2D eigenvalue weighted by molar-refractivity contribution is 6.43. The van der Waals surface area contributed by atoms with Crippen molar-refractivity contribution in [2.75, 3.05) is 7.05 Å². The highest BCUT2D eigenvalue weighted by Crippen LogP contribution is 2.74. The second kappa shape index (κ2) is 4.98. The lowest BCUT2D eigenvalue weighted by Gasteiger charge is -2.62. The first kappa shape index (κ1) is 16.5. The summed E-state index contributed by atoms with van der Waals surface area (Å²) in [6.07, 6.45) is 0. The molecule has 2 fully saturated rings. The van der Waals surface area contributed by atoms with Crippen LogP contribution < -0.4 is 0 Å². The summed E-state index contributed by atoms with van der Waals surface area (Å²) < 4.78 is 5.87. The molecule has 5 nitrogen and oxygen atoms in total. The Morgan fingerprint density at radius 1 is 1.04 bits per heavy atom. The third kappa shape index (κ3) is 1.61. The topological polar surface area (TPSA) is 63.7 Å². The van der Waals surface area contributed by atoms with Crippen molar-refractivity contribution in [2.24, 2.45) is 5.92 Å². The number of carbonyl (C=O) groups is 3. The minimum Gasteiger partial charge on any atom is -0.451 e. The molecule has 0 N–H and O–H groups in total. The quantitative estimate of drug-likeness (QED) is 0.433. The van der Waals surface area contributed by atoms with Crippen LogP contribution in [0.25, 0.3) is 11.1 Å². The smallest absolute Gasteiger partial charge is 0.303 e. The number of amides is 2. The molecule has 1 saturated carbocycles. The maximum Gasteiger partial charge on any atom is 0.303 e. The lowest BCUT2D eigenvalue weighted by atomic mass is 9.46. The summed E-state index contributed by atoms with van der Waals surface area (Å²) in [6.45, 7) is 1.30. The van der Waals surface area contributed by atoms with Gasteiger partial charge in [-0.1, -0.05) is 48.5 Å². The molecule has 0 unspecified atom stereocenters. The van der Waals surface area contributed by atoms with Gasteiger partial charge in [0.15, 0.2) is 10.5 Å². The summed E-state index contributed by atoms with van der Waals surface area (Å²) in [5.41, 5.74) is 1.96. The first-order valence-corrected chi connectivity index (χ1v) is 9.12. The van der Waals surface area contributed by atoms with Crippen LogP contribution in [-0.2, 0) is 24.7 Å². The van der Waals surface area contributed by atoms with E-state index in [-0.39, 0.29) is 5.91 Å². The molecule has 2 aliphatic carbocycles. The van der Waals surface area contributed by atoms with Gasteiger partial charge in [-0.05, 0) is 16.7 Å². The number of fused-ring (bicyclic) bond motifs is 9. The molecule has 2 amide bonds. The Bertz CT molecular complexity index is 1050. The highest BCUT2D eigenvalue weighted by Gasteiger charge is 2.85. The predicted molar refractivity (Wildman–Crippen MR) is 97.9 cm³/mol. The van der Waals surface area contributed by atoms with E-state index in [2.05, 4.69) is 0 Å². The van der Waals surface area contributed by atoms with E-state index < -0.39 is 34.2 Å². The number of nitrogens with zero attached hydrogens (tertiary/aromatic N) is 1. The molecule has 27 heavy (non-hydrogen) atoms. The fraction of sp³-hybridized carbons (Fsp3) is 0.286. The van der Waals surface area contributed by atoms with Gasteiger partial charge < -0.3 is 4.74 Å². The summed E-state index contributed by atoms with van der Waals surface area (Å²) >= 11 is 6.92. The first-order valence-electron chi connectivity index (χ1n) is 8.75. The highest BCUT2D eigenvalue weighted by atomic mass is 35.5. The molecular weight excluding hydrogens is 366 g/mol. The molecule has 1 heterocycles. The largest absolute Gasteiger partial charge is 0.451 e. The Morgan fingerprint density at radius 2 is 1.67 bits per heavy atom. The van der Waals surface area contributed by atoms with Crippen LogP contribution >= 0.6 is 11.6 Å². The molecule has 3 aliphatic rings. The molecule has 136 valence electrons. The van der Waals surface area contributed by atoms with Gasteiger partial charge in [-0.2, -0.15) is 0 Å². The van der Waals surface area contributed by atoms with Gasteiger partial charge in [0.25, 0.3) is 5.91 Å². The Hall–Kier alpha value is -2.66. The lowest BCUT2D eigenvalue weighted by Crippen LogP contribution is -2.73. The number of hydrogen-bond donors (Lipinski definition) is 0. The average Bonchev–Trinajstić information content (AvgIpc) is 2.81. The van der Waals surface area contributed by atoms with Crippen LogP contribution in [0.15, 0.2) is 48.5 Å². The number of hydrogen-bond acceptors (Lipinski definition) is 4. The number of halogens is 1. The second-order valence-corrected chi connectivity index (χ2v) is 7.93. The fourth-order valence-electron chi connectivity index (χ4n) is 5.22. The molecule has 0 bridgehead atoms. The van der Waals surface area contributed by atoms with E-state index in [4.69, 9.17) is 16.3 Å². The average molecular weight is 382 g/mol. The Balaban J connectivity index is 1.90. The Kier molecular flexibility index (Phi) is 3.05. The number of benzene rings is 2. The molecule has 0 aromatic heterocycles. The number of likely N-dealkylation sites (tertiary alicyclic amines) is 1. The minimum atomic E-state index is -1.64. The van der Waals surface area contributed by atoms with Crippen molar-refractivity contribution in [3.05, 3.63) is 59.7 Å². The third-order valence-electron chi connectivity index (χ3n) is 6.17. The molecule has 2 aromatic carbocycles. The molecular formula is C21H16ClNO4. The van der Waals surface area contributed by atoms with Crippen LogP contribution in [0.4, 0.5) is 0 Å². The molecule has 6 heteroatoms. The van der Waals surface area contributed by atoms with Crippen molar-refractivity contribution in [1.82, 2.24) is 4.90 Å². The molecule has 5 rings (SSSR count). The maximum atomic E-state index is 13.0. The van der Waals surface area contributed by atoms with Gasteiger partial charge in [0, 0.05) is 25.5 Å². The monoisotopic (exact) mass is 381 g/mol. The third-order valence-corrected chi connectivity index (χ3v) is 6.85. The first-order chi connectivity index (χ1) is 12.9. The zero-order chi connectivity index (χ0) is 19.1. The van der Waals surface area contributed by atoms with Crippen LogP contribution in [0.1, 0.15) is 24.0 Å². The number of esters is 1. The van der Waals surface area contributed by atoms with Crippen LogP contribution in [0.5, 0.6) is 0 Å². The van der Waals surface area contributed by atoms with E-state index in [1.807, 2.05) is 48.5 Å². The molecule has 1 saturated heterocycles. The summed E-state index contributed by atoms with van der Waals surface area (Å²) in [7, 11) is 1.43. The summed E-state index contributed by atoms with van der Waals surface area (Å²) in [4.78, 5) is 37.5. The number of alkyl halides is 1. The van der Waals surface area contributed by atoms with E-state index >= 15 is 0 Å². The maximum absolute atomic E-state index is 13.0. The van der Waals surface area contributed by atoms with Gasteiger partial charge in [-0.3, -0.25) is 19.3 Å². The van der Waals surface area contributed by atoms with Crippen LogP contribution in [0.2, 0.25) is 0 Å². The van der Waals surface area contributed by atoms with E-state index in [1.165, 1.54) is 14.0 Å². The molecule has 0 spiro atoms. The van der Waals surface area contributed by atoms with Gasteiger partial charge in [0.05, 0.1) is 5.92 Å². The van der Waals surface area contributed by atoms with Gasteiger partial charge in [0.1, 0.15) is 0 Å². The van der Waals surface area contributed by atoms with Crippen molar-refractivity contribution in [3.63, 3.8) is 0 Å². The van der Waals surface area contributed by atoms with Crippen molar-refractivity contribution < 1.29 is 19.1 Å². The lowest BCUT2D eigenvalue weighted by molar-refractivity contribution is -0.197. The van der Waals surface area contributed by atoms with Gasteiger partial charge in [-0.25, -0.2) is 0 Å². The summed E-state index contributed by atoms with van der Waals surface area (Å²) in [6, 6.07) is 15.2. The molecule has 4 atom stereocenters. The van der Waals surface area contributed by atoms with E-state index in [0.717, 1.165) is 21.6 Å². The van der Waals surface area contributed by atoms with Crippen molar-refractivity contribution >= 4 is 29.4 Å². The van der Waals surface area contributed by atoms with Crippen molar-refractivity contribution in [1.29, 1.82) is 0 Å². The van der Waals surface area contributed by atoms with Gasteiger partial charge in [0.2, 0.25) is 5.91 Å². The van der Waals surface area contributed by atoms with Gasteiger partial charge >= 0.3 is 5.97 Å². The van der Waals surface area contributed by atoms with Crippen molar-refractivity contribution in [3.8, 4) is 11.1 Å². The standard InChI is InChI=1S/C21H16ClNO4/c1-11(24)27-21-15-10-6-5-8-13(15)12-7-3-4-9-14(12)16(21)17-18(25)23(2)19(26)20(17,21)22/h3-10,16-17H,1-2H3/t16-,17-,20-,21+/m0/s1. The summed E-state index contributed by atoms with van der Waals surface area (Å²) in [5, 5.41) is 0. The van der Waals surface area contributed by atoms with Crippen molar-refractivity contribution in [2.45, 2.75) is 23.3 Å². The predicted octanol–water partition coefficient (Wildman–Crippen LogP) is 2.82. The fourth-order valence-corrected chi connectivity index (χ4v) is 5.82. The van der Waals surface area contributed by atoms with Crippen LogP contribution in [0, 0.1) is 5.92 Å². The van der Waals surface area contributed by atoms with E-state index in [1.54, 1.807) is 0 Å². The molecule has 0 radical (unpaired) electrons. The zero-order valence-corrected chi connectivity index (χ0v) is 15.5. The normalized spacial score (nSPS) is 32.8. The zero-order valence-electron chi connectivity index (χ0n) is 14.7. The number of carbonyl (C=O) groups excluding carboxylic acids is 3. The van der Waals surface area contributed by atoms with E-state index in [0.29, 0.717) is 5.56 Å². The minimum absolute atomic E-state index is 0.336. The SMILES string of the molecule is CC(=O)O[C@]12c3ccccc3-c3ccccc3[C@H]1[C@H]1C(=O)N(C)C(=O)[C@@]12Cl.